The Kier molecular flexibility index (Phi) is 9.29. The molecule has 45 heavy (non-hydrogen) atoms. The molecular formula is C29H34O16. The fraction of sp³-hybridized carbons (Fsp3) is 0.483. The molecule has 1 unspecified atom stereocenters. The van der Waals surface area contributed by atoms with Gasteiger partial charge in [0, 0.05) is 24.6 Å². The predicted molar refractivity (Wildman–Crippen MR) is 147 cm³/mol. The van der Waals surface area contributed by atoms with Crippen LogP contribution in [0.15, 0.2) is 36.1 Å². The number of carbonyl (C=O) groups is 1. The number of aromatic hydroxyl groups is 4. The fourth-order valence-corrected chi connectivity index (χ4v) is 5.25. The van der Waals surface area contributed by atoms with Crippen molar-refractivity contribution in [2.45, 2.75) is 81.4 Å². The van der Waals surface area contributed by atoms with Gasteiger partial charge in [-0.1, -0.05) is 6.07 Å². The maximum atomic E-state index is 11.4. The first kappa shape index (κ1) is 32.5. The van der Waals surface area contributed by atoms with Gasteiger partial charge in [0.05, 0.1) is 18.3 Å². The molecule has 2 aromatic rings. The summed E-state index contributed by atoms with van der Waals surface area (Å²) in [5, 5.41) is 93.2. The number of hydrogen-bond acceptors (Lipinski definition) is 16. The zero-order valence-electron chi connectivity index (χ0n) is 23.9. The quantitative estimate of drug-likeness (QED) is 0.133. The number of esters is 1. The molecule has 0 spiro atoms. The second kappa shape index (κ2) is 12.9. The lowest BCUT2D eigenvalue weighted by atomic mass is 9.98. The van der Waals surface area contributed by atoms with E-state index in [4.69, 9.17) is 28.4 Å². The van der Waals surface area contributed by atoms with Crippen molar-refractivity contribution in [3.63, 3.8) is 0 Å². The van der Waals surface area contributed by atoms with Gasteiger partial charge in [0.25, 0.3) is 0 Å². The summed E-state index contributed by atoms with van der Waals surface area (Å²) in [6.07, 6.45) is -15.1. The van der Waals surface area contributed by atoms with E-state index in [1.807, 2.05) is 0 Å². The highest BCUT2D eigenvalue weighted by Gasteiger charge is 2.49. The molecule has 2 fully saturated rings. The number of phenolic OH excluding ortho intramolecular Hbond substituents is 4. The van der Waals surface area contributed by atoms with Crippen molar-refractivity contribution in [1.82, 2.24) is 0 Å². The number of carbonyl (C=O) groups excluding carboxylic acids is 1. The molecule has 16 nitrogen and oxygen atoms in total. The zero-order chi connectivity index (χ0) is 32.7. The second-order valence-corrected chi connectivity index (χ2v) is 10.9. The molecule has 11 atom stereocenters. The number of phenols is 4. The minimum absolute atomic E-state index is 0.0302. The smallest absolute Gasteiger partial charge is 0.303 e. The van der Waals surface area contributed by atoms with Gasteiger partial charge in [-0.3, -0.25) is 4.79 Å². The van der Waals surface area contributed by atoms with Gasteiger partial charge < -0.3 is 74.4 Å². The van der Waals surface area contributed by atoms with Crippen LogP contribution < -0.4 is 4.74 Å². The number of aliphatic hydroxyl groups excluding tert-OH is 5. The average Bonchev–Trinajstić information content (AvgIpc) is 2.98. The maximum Gasteiger partial charge on any atom is 0.303 e. The van der Waals surface area contributed by atoms with Crippen molar-refractivity contribution in [2.75, 3.05) is 6.61 Å². The van der Waals surface area contributed by atoms with Crippen LogP contribution in [0.5, 0.6) is 28.7 Å². The van der Waals surface area contributed by atoms with Crippen LogP contribution in [0.1, 0.15) is 31.1 Å². The summed E-state index contributed by atoms with van der Waals surface area (Å²) in [4.78, 5) is 11.4. The van der Waals surface area contributed by atoms with E-state index >= 15 is 0 Å². The lowest BCUT2D eigenvalue weighted by Crippen LogP contribution is -2.61. The summed E-state index contributed by atoms with van der Waals surface area (Å²) >= 11 is 0. The molecule has 0 bridgehead atoms. The molecule has 0 aromatic heterocycles. The average molecular weight is 639 g/mol. The third kappa shape index (κ3) is 6.58. The largest absolute Gasteiger partial charge is 0.508 e. The SMILES string of the molecule is CC(=O)O[C@@H]1[C@H](O)[C@@H](O)[C@H](OC[C@H]2O[C@@H](OC3=Cc4c(O)cc(O)cc4OC3c3ccc(O)c(O)c3)[C@H](O)[C@@H](O)[C@@H]2O)O[C@H]1C. The predicted octanol–water partition coefficient (Wildman–Crippen LogP) is -0.777. The van der Waals surface area contributed by atoms with E-state index in [0.29, 0.717) is 0 Å². The van der Waals surface area contributed by atoms with Crippen LogP contribution in [0.2, 0.25) is 0 Å². The molecule has 0 amide bonds. The molecule has 3 aliphatic heterocycles. The molecule has 3 aliphatic rings. The van der Waals surface area contributed by atoms with Crippen LogP contribution in [-0.2, 0) is 28.5 Å². The maximum absolute atomic E-state index is 11.4. The van der Waals surface area contributed by atoms with Crippen LogP contribution in [0.3, 0.4) is 0 Å². The third-order valence-corrected chi connectivity index (χ3v) is 7.62. The van der Waals surface area contributed by atoms with Crippen molar-refractivity contribution in [3.05, 3.63) is 47.2 Å². The first-order chi connectivity index (χ1) is 21.2. The van der Waals surface area contributed by atoms with Crippen LogP contribution in [0, 0.1) is 0 Å². The first-order valence-corrected chi connectivity index (χ1v) is 13.9. The molecule has 3 heterocycles. The Balaban J connectivity index is 1.36. The Morgan fingerprint density at radius 3 is 2.22 bits per heavy atom. The minimum Gasteiger partial charge on any atom is -0.508 e. The van der Waals surface area contributed by atoms with E-state index in [1.54, 1.807) is 0 Å². The first-order valence-electron chi connectivity index (χ1n) is 13.9. The van der Waals surface area contributed by atoms with Gasteiger partial charge in [0.1, 0.15) is 59.6 Å². The molecular weight excluding hydrogens is 604 g/mol. The number of ether oxygens (including phenoxy) is 6. The topological polar surface area (TPSA) is 255 Å². The summed E-state index contributed by atoms with van der Waals surface area (Å²) in [6.45, 7) is 2.07. The Morgan fingerprint density at radius 1 is 0.822 bits per heavy atom. The number of benzene rings is 2. The molecule has 246 valence electrons. The molecule has 9 N–H and O–H groups in total. The van der Waals surface area contributed by atoms with Gasteiger partial charge in [-0.05, 0) is 25.1 Å². The van der Waals surface area contributed by atoms with E-state index in [9.17, 15) is 50.8 Å². The molecule has 2 saturated heterocycles. The van der Waals surface area contributed by atoms with Crippen molar-refractivity contribution in [3.8, 4) is 28.7 Å². The van der Waals surface area contributed by atoms with Crippen molar-refractivity contribution < 1.29 is 79.2 Å². The van der Waals surface area contributed by atoms with Crippen molar-refractivity contribution in [2.24, 2.45) is 0 Å². The highest BCUT2D eigenvalue weighted by atomic mass is 16.7. The van der Waals surface area contributed by atoms with Crippen LogP contribution in [0.25, 0.3) is 6.08 Å². The molecule has 0 saturated carbocycles. The fourth-order valence-electron chi connectivity index (χ4n) is 5.25. The van der Waals surface area contributed by atoms with Crippen molar-refractivity contribution in [1.29, 1.82) is 0 Å². The lowest BCUT2D eigenvalue weighted by Gasteiger charge is -2.43. The number of hydrogen-bond donors (Lipinski definition) is 9. The van der Waals surface area contributed by atoms with E-state index in [2.05, 4.69) is 0 Å². The van der Waals surface area contributed by atoms with Gasteiger partial charge in [-0.2, -0.15) is 0 Å². The summed E-state index contributed by atoms with van der Waals surface area (Å²) < 4.78 is 33.7. The summed E-state index contributed by atoms with van der Waals surface area (Å²) in [6, 6.07) is 6.04. The Bertz CT molecular complexity index is 1430. The minimum atomic E-state index is -1.83. The molecule has 0 aliphatic carbocycles. The van der Waals surface area contributed by atoms with Crippen LogP contribution in [0.4, 0.5) is 0 Å². The van der Waals surface area contributed by atoms with E-state index in [0.717, 1.165) is 13.0 Å². The zero-order valence-corrected chi connectivity index (χ0v) is 23.9. The number of rotatable bonds is 7. The lowest BCUT2D eigenvalue weighted by molar-refractivity contribution is -0.325. The number of fused-ring (bicyclic) bond motifs is 1. The number of aliphatic hydroxyl groups is 5. The van der Waals surface area contributed by atoms with Crippen molar-refractivity contribution >= 4 is 12.0 Å². The van der Waals surface area contributed by atoms with E-state index in [-0.39, 0.29) is 34.1 Å². The van der Waals surface area contributed by atoms with Gasteiger partial charge in [-0.25, -0.2) is 0 Å². The van der Waals surface area contributed by atoms with Gasteiger partial charge >= 0.3 is 5.97 Å². The molecule has 0 radical (unpaired) electrons. The molecule has 2 aromatic carbocycles. The second-order valence-electron chi connectivity index (χ2n) is 10.9. The Hall–Kier alpha value is -3.87. The van der Waals surface area contributed by atoms with Crippen LogP contribution in [-0.4, -0.2) is 120 Å². The van der Waals surface area contributed by atoms with Gasteiger partial charge in [-0.15, -0.1) is 0 Å². The Morgan fingerprint density at radius 2 is 1.53 bits per heavy atom. The molecule has 16 heteroatoms. The summed E-state index contributed by atoms with van der Waals surface area (Å²) in [5.74, 6) is -2.38. The standard InChI is InChI=1S/C29H34O16/c1-10-26(42-11(2)30)23(37)25(39)28(41-10)40-9-20-21(35)22(36)24(38)29(45-20)44-19-8-14-16(33)6-13(31)7-18(14)43-27(19)12-3-4-15(32)17(34)5-12/h3-8,10,20-29,31-39H,9H2,1-2H3/t10-,20+,21+,22-,23+,24+,25+,26-,27?,28+,29+/m0/s1. The normalized spacial score (nSPS) is 34.6. The van der Waals surface area contributed by atoms with Gasteiger partial charge in [0.15, 0.2) is 30.0 Å². The summed E-state index contributed by atoms with van der Waals surface area (Å²) in [7, 11) is 0. The van der Waals surface area contributed by atoms with E-state index in [1.165, 1.54) is 37.3 Å². The monoisotopic (exact) mass is 638 g/mol. The summed E-state index contributed by atoms with van der Waals surface area (Å²) in [5.41, 5.74) is 0.315. The Labute approximate surface area is 255 Å². The molecule has 5 rings (SSSR count). The van der Waals surface area contributed by atoms with E-state index < -0.39 is 91.6 Å². The highest BCUT2D eigenvalue weighted by Crippen LogP contribution is 2.45. The third-order valence-electron chi connectivity index (χ3n) is 7.62. The van der Waals surface area contributed by atoms with Crippen LogP contribution >= 0.6 is 0 Å². The highest BCUT2D eigenvalue weighted by molar-refractivity contribution is 5.70. The van der Waals surface area contributed by atoms with Gasteiger partial charge in [0.2, 0.25) is 6.29 Å².